The van der Waals surface area contributed by atoms with Crippen molar-refractivity contribution in [2.45, 2.75) is 25.9 Å². The van der Waals surface area contributed by atoms with E-state index in [2.05, 4.69) is 0 Å². The molecule has 0 unspecified atom stereocenters. The molecule has 0 radical (unpaired) electrons. The fraction of sp³-hybridized carbons (Fsp3) is 0.211. The quantitative estimate of drug-likeness (QED) is 0.625. The zero-order valence-corrected chi connectivity index (χ0v) is 13.1. The molecule has 5 heteroatoms. The van der Waals surface area contributed by atoms with Gasteiger partial charge in [0, 0.05) is 6.42 Å². The first-order valence-electron chi connectivity index (χ1n) is 7.51. The lowest BCUT2D eigenvalue weighted by Crippen LogP contribution is -2.12. The van der Waals surface area contributed by atoms with Gasteiger partial charge in [-0.15, -0.1) is 0 Å². The van der Waals surface area contributed by atoms with Gasteiger partial charge in [0.25, 0.3) is 0 Å². The van der Waals surface area contributed by atoms with Gasteiger partial charge in [-0.2, -0.15) is 5.26 Å². The monoisotopic (exact) mass is 323 g/mol. The Morgan fingerprint density at radius 2 is 1.83 bits per heavy atom. The van der Waals surface area contributed by atoms with Gasteiger partial charge in [-0.05, 0) is 41.8 Å². The van der Waals surface area contributed by atoms with Crippen LogP contribution in [0.15, 0.2) is 48.5 Å². The first-order valence-corrected chi connectivity index (χ1v) is 7.51. The summed E-state index contributed by atoms with van der Waals surface area (Å²) in [5, 5.41) is 18.0. The molecule has 0 amide bonds. The smallest absolute Gasteiger partial charge is 0.313 e. The zero-order chi connectivity index (χ0) is 17.4. The van der Waals surface area contributed by atoms with Crippen LogP contribution in [0.1, 0.15) is 29.5 Å². The number of aryl methyl sites for hydroxylation is 1. The fourth-order valence-electron chi connectivity index (χ4n) is 2.14. The van der Waals surface area contributed by atoms with Crippen molar-refractivity contribution in [3.05, 3.63) is 65.2 Å². The molecule has 0 fully saturated rings. The lowest BCUT2D eigenvalue weighted by Gasteiger charge is -2.05. The summed E-state index contributed by atoms with van der Waals surface area (Å²) in [6.07, 6.45) is 0.483. The summed E-state index contributed by atoms with van der Waals surface area (Å²) >= 11 is 0. The minimum atomic E-state index is -0.576. The van der Waals surface area contributed by atoms with E-state index in [0.29, 0.717) is 17.5 Å². The van der Waals surface area contributed by atoms with Gasteiger partial charge in [0.1, 0.15) is 24.6 Å². The highest BCUT2D eigenvalue weighted by Gasteiger charge is 2.11. The van der Waals surface area contributed by atoms with E-state index in [1.165, 1.54) is 0 Å². The van der Waals surface area contributed by atoms with E-state index >= 15 is 0 Å². The Labute approximate surface area is 140 Å². The summed E-state index contributed by atoms with van der Waals surface area (Å²) in [6, 6.07) is 15.4. The van der Waals surface area contributed by atoms with Crippen LogP contribution in [0.3, 0.4) is 0 Å². The number of nitrogens with zero attached hydrogens (tertiary/aromatic N) is 1. The Bertz CT molecular complexity index is 760. The number of benzene rings is 2. The number of esters is 1. The third-order valence-electron chi connectivity index (χ3n) is 3.43. The summed E-state index contributed by atoms with van der Waals surface area (Å²) in [7, 11) is 0. The maximum atomic E-state index is 11.8. The lowest BCUT2D eigenvalue weighted by molar-refractivity contribution is -0.147. The van der Waals surface area contributed by atoms with E-state index < -0.39 is 5.97 Å². The van der Waals surface area contributed by atoms with Gasteiger partial charge in [-0.1, -0.05) is 24.3 Å². The number of rotatable bonds is 7. The van der Waals surface area contributed by atoms with Gasteiger partial charge in [-0.25, -0.2) is 0 Å². The number of carbonyl (C=O) groups is 2. The van der Waals surface area contributed by atoms with Crippen molar-refractivity contribution in [3.8, 4) is 11.8 Å². The average Bonchev–Trinajstić information content (AvgIpc) is 2.59. The summed E-state index contributed by atoms with van der Waals surface area (Å²) < 4.78 is 5.06. The van der Waals surface area contributed by atoms with Crippen LogP contribution >= 0.6 is 0 Å². The number of phenols is 1. The van der Waals surface area contributed by atoms with E-state index in [0.717, 1.165) is 5.56 Å². The molecular weight excluding hydrogens is 306 g/mol. The predicted molar refractivity (Wildman–Crippen MR) is 87.0 cm³/mol. The number of hydrogen-bond acceptors (Lipinski definition) is 5. The molecule has 0 aromatic heterocycles. The Morgan fingerprint density at radius 1 is 1.08 bits per heavy atom. The van der Waals surface area contributed by atoms with Gasteiger partial charge >= 0.3 is 5.97 Å². The molecule has 1 N–H and O–H groups in total. The first-order chi connectivity index (χ1) is 11.6. The Balaban J connectivity index is 1.74. The van der Waals surface area contributed by atoms with Crippen LogP contribution < -0.4 is 0 Å². The molecule has 0 aliphatic heterocycles. The van der Waals surface area contributed by atoms with Crippen molar-refractivity contribution in [2.24, 2.45) is 0 Å². The van der Waals surface area contributed by atoms with Crippen molar-refractivity contribution >= 4 is 11.8 Å². The van der Waals surface area contributed by atoms with E-state index in [4.69, 9.17) is 10.00 Å². The second-order valence-electron chi connectivity index (χ2n) is 5.35. The van der Waals surface area contributed by atoms with Crippen LogP contribution in [0.4, 0.5) is 0 Å². The van der Waals surface area contributed by atoms with Crippen molar-refractivity contribution in [3.63, 3.8) is 0 Å². The molecule has 0 aliphatic carbocycles. The molecule has 0 saturated carbocycles. The maximum absolute atomic E-state index is 11.8. The predicted octanol–water partition coefficient (Wildman–Crippen LogP) is 2.90. The molecule has 0 heterocycles. The van der Waals surface area contributed by atoms with E-state index in [1.807, 2.05) is 6.07 Å². The zero-order valence-electron chi connectivity index (χ0n) is 13.1. The highest BCUT2D eigenvalue weighted by Crippen LogP contribution is 2.12. The second-order valence-corrected chi connectivity index (χ2v) is 5.35. The Kier molecular flexibility index (Phi) is 6.09. The molecule has 5 nitrogen and oxygen atoms in total. The summed E-state index contributed by atoms with van der Waals surface area (Å²) in [6.45, 7) is 0.0413. The number of Topliss-reactive ketones (excluding diaryl/α,β-unsaturated/α-hetero) is 1. The number of hydrogen-bond donors (Lipinski definition) is 1. The Hall–Kier alpha value is -3.13. The van der Waals surface area contributed by atoms with E-state index in [9.17, 15) is 14.7 Å². The third kappa shape index (κ3) is 5.58. The molecule has 2 aromatic rings. The number of nitriles is 1. The molecular formula is C19H17NO4. The Morgan fingerprint density at radius 3 is 2.54 bits per heavy atom. The third-order valence-corrected chi connectivity index (χ3v) is 3.43. The second kappa shape index (κ2) is 8.49. The number of ketones is 1. The van der Waals surface area contributed by atoms with E-state index in [1.54, 1.807) is 48.5 Å². The molecule has 0 bridgehead atoms. The number of carbonyl (C=O) groups excluding carboxylic acids is 2. The van der Waals surface area contributed by atoms with Crippen molar-refractivity contribution < 1.29 is 19.4 Å². The van der Waals surface area contributed by atoms with Gasteiger partial charge in [0.15, 0.2) is 0 Å². The van der Waals surface area contributed by atoms with Gasteiger partial charge in [0.2, 0.25) is 0 Å². The summed E-state index contributed by atoms with van der Waals surface area (Å²) in [5.41, 5.74) is 2.12. The molecule has 0 atom stereocenters. The van der Waals surface area contributed by atoms with Crippen LogP contribution in [0.25, 0.3) is 0 Å². The van der Waals surface area contributed by atoms with Gasteiger partial charge in [0.05, 0.1) is 11.6 Å². The number of aromatic hydroxyl groups is 1. The molecule has 2 aromatic carbocycles. The van der Waals surface area contributed by atoms with E-state index in [-0.39, 0.29) is 31.0 Å². The van der Waals surface area contributed by atoms with Crippen molar-refractivity contribution in [1.29, 1.82) is 5.26 Å². The summed E-state index contributed by atoms with van der Waals surface area (Å²) in [4.78, 5) is 23.5. The van der Waals surface area contributed by atoms with Gasteiger partial charge < -0.3 is 9.84 Å². The highest BCUT2D eigenvalue weighted by atomic mass is 16.5. The van der Waals surface area contributed by atoms with Crippen molar-refractivity contribution in [1.82, 2.24) is 0 Å². The van der Waals surface area contributed by atoms with Crippen LogP contribution in [0, 0.1) is 11.3 Å². The lowest BCUT2D eigenvalue weighted by atomic mass is 10.1. The number of ether oxygens (including phenoxy) is 1. The highest BCUT2D eigenvalue weighted by molar-refractivity contribution is 5.95. The SMILES string of the molecule is N#Cc1cccc(COC(=O)CC(=O)CCc2ccc(O)cc2)c1. The molecule has 24 heavy (non-hydrogen) atoms. The topological polar surface area (TPSA) is 87.4 Å². The molecule has 0 saturated heterocycles. The number of phenolic OH excluding ortho intramolecular Hbond substituents is 1. The largest absolute Gasteiger partial charge is 0.508 e. The average molecular weight is 323 g/mol. The minimum absolute atomic E-state index is 0.0413. The van der Waals surface area contributed by atoms with Crippen LogP contribution in [-0.4, -0.2) is 16.9 Å². The standard InChI is InChI=1S/C19H17NO4/c20-12-15-2-1-3-16(10-15)13-24-19(23)11-18(22)9-6-14-4-7-17(21)8-5-14/h1-5,7-8,10,21H,6,9,11,13H2. The minimum Gasteiger partial charge on any atom is -0.508 e. The molecule has 122 valence electrons. The maximum Gasteiger partial charge on any atom is 0.313 e. The van der Waals surface area contributed by atoms with Crippen LogP contribution in [0.5, 0.6) is 5.75 Å². The van der Waals surface area contributed by atoms with Crippen LogP contribution in [-0.2, 0) is 27.4 Å². The van der Waals surface area contributed by atoms with Gasteiger partial charge in [-0.3, -0.25) is 9.59 Å². The summed E-state index contributed by atoms with van der Waals surface area (Å²) in [5.74, 6) is -0.596. The molecule has 2 rings (SSSR count). The first kappa shape index (κ1) is 17.2. The van der Waals surface area contributed by atoms with Crippen LogP contribution in [0.2, 0.25) is 0 Å². The fourth-order valence-corrected chi connectivity index (χ4v) is 2.14. The normalized spacial score (nSPS) is 9.96. The molecule has 0 spiro atoms. The van der Waals surface area contributed by atoms with Crippen molar-refractivity contribution in [2.75, 3.05) is 0 Å². The molecule has 0 aliphatic rings.